The van der Waals surface area contributed by atoms with Crippen molar-refractivity contribution in [1.29, 1.82) is 0 Å². The highest BCUT2D eigenvalue weighted by Crippen LogP contribution is 2.20. The zero-order chi connectivity index (χ0) is 11.4. The summed E-state index contributed by atoms with van der Waals surface area (Å²) in [5.74, 6) is 4.61. The van der Waals surface area contributed by atoms with E-state index < -0.39 is 0 Å². The predicted octanol–water partition coefficient (Wildman–Crippen LogP) is 2.42. The first-order valence-electron chi connectivity index (χ1n) is 5.46. The van der Waals surface area contributed by atoms with E-state index >= 15 is 0 Å². The van der Waals surface area contributed by atoms with Crippen LogP contribution in [-0.4, -0.2) is 21.1 Å². The summed E-state index contributed by atoms with van der Waals surface area (Å²) in [5, 5.41) is 0. The Hall–Kier alpha value is -0.640. The Bertz CT molecular complexity index is 318. The number of imidazole rings is 1. The summed E-state index contributed by atoms with van der Waals surface area (Å²) in [6, 6.07) is 0. The number of thioether (sulfide) groups is 1. The minimum absolute atomic E-state index is 0.435. The van der Waals surface area contributed by atoms with Crippen LogP contribution >= 0.6 is 11.8 Å². The van der Waals surface area contributed by atoms with Gasteiger partial charge in [0.15, 0.2) is 0 Å². The summed E-state index contributed by atoms with van der Waals surface area (Å²) >= 11 is 1.93. The molecule has 0 aliphatic heterocycles. The highest BCUT2D eigenvalue weighted by Gasteiger charge is 2.13. The van der Waals surface area contributed by atoms with Crippen molar-refractivity contribution in [2.75, 3.05) is 17.2 Å². The van der Waals surface area contributed by atoms with E-state index in [2.05, 4.69) is 25.8 Å². The molecular weight excluding hydrogens is 206 g/mol. The molecule has 2 N–H and O–H groups in total. The third-order valence-corrected chi connectivity index (χ3v) is 3.35. The highest BCUT2D eigenvalue weighted by molar-refractivity contribution is 7.99. The molecule has 1 rings (SSSR count). The van der Waals surface area contributed by atoms with Gasteiger partial charge in [-0.2, -0.15) is 11.8 Å². The van der Waals surface area contributed by atoms with Crippen molar-refractivity contribution in [1.82, 2.24) is 9.55 Å². The summed E-state index contributed by atoms with van der Waals surface area (Å²) in [5.41, 5.74) is 7.07. The fourth-order valence-electron chi connectivity index (χ4n) is 1.60. The van der Waals surface area contributed by atoms with Crippen molar-refractivity contribution in [3.8, 4) is 0 Å². The number of rotatable bonds is 5. The van der Waals surface area contributed by atoms with E-state index in [0.29, 0.717) is 5.92 Å². The number of aromatic nitrogens is 2. The van der Waals surface area contributed by atoms with E-state index in [1.807, 2.05) is 23.4 Å². The van der Waals surface area contributed by atoms with Crippen LogP contribution in [0, 0.1) is 0 Å². The number of nitrogens with two attached hydrogens (primary N) is 1. The molecule has 4 heteroatoms. The maximum absolute atomic E-state index is 6.01. The molecule has 0 bridgehead atoms. The van der Waals surface area contributed by atoms with Crippen molar-refractivity contribution in [3.05, 3.63) is 11.5 Å². The van der Waals surface area contributed by atoms with Crippen LogP contribution in [0.5, 0.6) is 0 Å². The SMILES string of the molecule is CCSCCc1nc(C(C)C)n(C)c1N. The lowest BCUT2D eigenvalue weighted by atomic mass is 10.2. The van der Waals surface area contributed by atoms with Crippen LogP contribution < -0.4 is 5.73 Å². The highest BCUT2D eigenvalue weighted by atomic mass is 32.2. The third-order valence-electron chi connectivity index (χ3n) is 2.45. The van der Waals surface area contributed by atoms with E-state index in [-0.39, 0.29) is 0 Å². The Morgan fingerprint density at radius 2 is 2.13 bits per heavy atom. The summed E-state index contributed by atoms with van der Waals surface area (Å²) in [6.07, 6.45) is 0.977. The molecular formula is C11H21N3S. The molecule has 86 valence electrons. The number of anilines is 1. The molecule has 0 spiro atoms. The lowest BCUT2D eigenvalue weighted by molar-refractivity contribution is 0.714. The largest absolute Gasteiger partial charge is 0.384 e. The van der Waals surface area contributed by atoms with Gasteiger partial charge in [0.25, 0.3) is 0 Å². The van der Waals surface area contributed by atoms with Crippen LogP contribution in [0.1, 0.15) is 38.2 Å². The second-order valence-electron chi connectivity index (χ2n) is 3.96. The third kappa shape index (κ3) is 2.91. The minimum Gasteiger partial charge on any atom is -0.384 e. The van der Waals surface area contributed by atoms with Gasteiger partial charge in [-0.05, 0) is 11.5 Å². The summed E-state index contributed by atoms with van der Waals surface area (Å²) in [4.78, 5) is 4.61. The molecule has 0 aliphatic rings. The molecule has 0 radical (unpaired) electrons. The van der Waals surface area contributed by atoms with Crippen molar-refractivity contribution >= 4 is 17.6 Å². The summed E-state index contributed by atoms with van der Waals surface area (Å²) in [7, 11) is 1.99. The van der Waals surface area contributed by atoms with E-state index in [0.717, 1.165) is 35.3 Å². The molecule has 1 aromatic rings. The molecule has 0 saturated carbocycles. The monoisotopic (exact) mass is 227 g/mol. The molecule has 0 amide bonds. The van der Waals surface area contributed by atoms with Gasteiger partial charge < -0.3 is 10.3 Å². The number of hydrogen-bond donors (Lipinski definition) is 1. The topological polar surface area (TPSA) is 43.8 Å². The Labute approximate surface area is 96.5 Å². The Morgan fingerprint density at radius 1 is 1.47 bits per heavy atom. The van der Waals surface area contributed by atoms with Crippen LogP contribution in [0.15, 0.2) is 0 Å². The van der Waals surface area contributed by atoms with Crippen molar-refractivity contribution in [2.24, 2.45) is 7.05 Å². The Morgan fingerprint density at radius 3 is 2.60 bits per heavy atom. The lowest BCUT2D eigenvalue weighted by Gasteiger charge is -2.04. The molecule has 0 aromatic carbocycles. The van der Waals surface area contributed by atoms with E-state index in [1.54, 1.807) is 0 Å². The van der Waals surface area contributed by atoms with Crippen LogP contribution in [0.25, 0.3) is 0 Å². The Kier molecular flexibility index (Phi) is 4.51. The zero-order valence-electron chi connectivity index (χ0n) is 10.1. The number of aryl methyl sites for hydroxylation is 1. The molecule has 0 atom stereocenters. The lowest BCUT2D eigenvalue weighted by Crippen LogP contribution is -2.03. The number of nitrogens with zero attached hydrogens (tertiary/aromatic N) is 2. The van der Waals surface area contributed by atoms with Crippen molar-refractivity contribution in [2.45, 2.75) is 33.1 Å². The normalized spacial score (nSPS) is 11.3. The van der Waals surface area contributed by atoms with Crippen LogP contribution in [0.3, 0.4) is 0 Å². The van der Waals surface area contributed by atoms with Crippen LogP contribution in [0.2, 0.25) is 0 Å². The molecule has 1 aromatic heterocycles. The molecule has 0 unspecified atom stereocenters. The maximum atomic E-state index is 6.01. The quantitative estimate of drug-likeness (QED) is 0.786. The van der Waals surface area contributed by atoms with Gasteiger partial charge in [0, 0.05) is 19.4 Å². The first-order chi connectivity index (χ1) is 7.07. The van der Waals surface area contributed by atoms with Gasteiger partial charge >= 0.3 is 0 Å². The first kappa shape index (κ1) is 12.4. The Balaban J connectivity index is 2.76. The van der Waals surface area contributed by atoms with E-state index in [4.69, 9.17) is 5.73 Å². The molecule has 3 nitrogen and oxygen atoms in total. The van der Waals surface area contributed by atoms with Crippen LogP contribution in [-0.2, 0) is 13.5 Å². The average molecular weight is 227 g/mol. The summed E-state index contributed by atoms with van der Waals surface area (Å²) in [6.45, 7) is 6.46. The van der Waals surface area contributed by atoms with Crippen molar-refractivity contribution in [3.63, 3.8) is 0 Å². The van der Waals surface area contributed by atoms with Gasteiger partial charge in [-0.15, -0.1) is 0 Å². The fourth-order valence-corrected chi connectivity index (χ4v) is 2.23. The minimum atomic E-state index is 0.435. The van der Waals surface area contributed by atoms with Gasteiger partial charge in [-0.25, -0.2) is 4.98 Å². The average Bonchev–Trinajstić information content (AvgIpc) is 2.46. The van der Waals surface area contributed by atoms with E-state index in [9.17, 15) is 0 Å². The molecule has 0 saturated heterocycles. The maximum Gasteiger partial charge on any atom is 0.126 e. The second-order valence-corrected chi connectivity index (χ2v) is 5.36. The molecule has 1 heterocycles. The molecule has 0 fully saturated rings. The second kappa shape index (κ2) is 5.45. The first-order valence-corrected chi connectivity index (χ1v) is 6.62. The van der Waals surface area contributed by atoms with Crippen molar-refractivity contribution < 1.29 is 0 Å². The molecule has 0 aliphatic carbocycles. The van der Waals surface area contributed by atoms with Gasteiger partial charge in [-0.1, -0.05) is 20.8 Å². The van der Waals surface area contributed by atoms with Gasteiger partial charge in [0.2, 0.25) is 0 Å². The number of hydrogen-bond acceptors (Lipinski definition) is 3. The summed E-state index contributed by atoms with van der Waals surface area (Å²) < 4.78 is 2.01. The van der Waals surface area contributed by atoms with Gasteiger partial charge in [0.1, 0.15) is 11.6 Å². The zero-order valence-corrected chi connectivity index (χ0v) is 10.9. The van der Waals surface area contributed by atoms with Gasteiger partial charge in [0.05, 0.1) is 5.69 Å². The fraction of sp³-hybridized carbons (Fsp3) is 0.727. The smallest absolute Gasteiger partial charge is 0.126 e. The molecule has 15 heavy (non-hydrogen) atoms. The van der Waals surface area contributed by atoms with Gasteiger partial charge in [-0.3, -0.25) is 0 Å². The predicted molar refractivity (Wildman–Crippen MR) is 68.4 cm³/mol. The standard InChI is InChI=1S/C11H21N3S/c1-5-15-7-6-9-10(12)14(4)11(13-9)8(2)3/h8H,5-7,12H2,1-4H3. The van der Waals surface area contributed by atoms with E-state index in [1.165, 1.54) is 0 Å². The van der Waals surface area contributed by atoms with Crippen LogP contribution in [0.4, 0.5) is 5.82 Å². The number of nitrogen functional groups attached to an aromatic ring is 1.